The Morgan fingerprint density at radius 2 is 2.32 bits per heavy atom. The molecule has 0 saturated heterocycles. The van der Waals surface area contributed by atoms with E-state index in [1.807, 2.05) is 24.3 Å². The van der Waals surface area contributed by atoms with Crippen LogP contribution < -0.4 is 5.43 Å². The van der Waals surface area contributed by atoms with Crippen LogP contribution in [0.25, 0.3) is 0 Å². The SMILES string of the molecule is C=CCOCc1ccccc1NN=[C+]C(=O)OCC. The Labute approximate surface area is 112 Å². The van der Waals surface area contributed by atoms with Crippen molar-refractivity contribution < 1.29 is 14.3 Å². The first kappa shape index (κ1) is 14.8. The van der Waals surface area contributed by atoms with Crippen molar-refractivity contribution in [1.29, 1.82) is 0 Å². The number of carbonyl (C=O) groups excluding carboxylic acids is 1. The van der Waals surface area contributed by atoms with Gasteiger partial charge in [0.2, 0.25) is 0 Å². The Hall–Kier alpha value is -2.23. The number of nitrogens with one attached hydrogen (secondary N) is 1. The van der Waals surface area contributed by atoms with Crippen molar-refractivity contribution in [2.45, 2.75) is 13.5 Å². The summed E-state index contributed by atoms with van der Waals surface area (Å²) in [6.45, 7) is 6.51. The molecule has 1 N–H and O–H groups in total. The molecule has 0 heterocycles. The Bertz CT molecular complexity index is 444. The molecule has 1 rings (SSSR count). The highest BCUT2D eigenvalue weighted by Gasteiger charge is 2.15. The normalized spacial score (nSPS) is 9.95. The fourth-order valence-electron chi connectivity index (χ4n) is 1.30. The lowest BCUT2D eigenvalue weighted by Crippen LogP contribution is -2.06. The molecular weight excluding hydrogens is 244 g/mol. The molecule has 19 heavy (non-hydrogen) atoms. The molecule has 0 unspecified atom stereocenters. The van der Waals surface area contributed by atoms with Gasteiger partial charge in [0, 0.05) is 5.56 Å². The van der Waals surface area contributed by atoms with Crippen LogP contribution >= 0.6 is 0 Å². The van der Waals surface area contributed by atoms with Gasteiger partial charge in [0.15, 0.2) is 0 Å². The summed E-state index contributed by atoms with van der Waals surface area (Å²) in [5.41, 5.74) is 4.42. The second kappa shape index (κ2) is 8.80. The van der Waals surface area contributed by atoms with Gasteiger partial charge in [-0.3, -0.25) is 0 Å². The number of para-hydroxylation sites is 1. The second-order valence-corrected chi connectivity index (χ2v) is 3.52. The summed E-state index contributed by atoms with van der Waals surface area (Å²) in [6.07, 6.45) is 3.91. The van der Waals surface area contributed by atoms with Crippen LogP contribution in [0.3, 0.4) is 0 Å². The maximum atomic E-state index is 11.0. The van der Waals surface area contributed by atoms with E-state index < -0.39 is 5.97 Å². The molecule has 0 radical (unpaired) electrons. The lowest BCUT2D eigenvalue weighted by molar-refractivity contribution is -0.134. The smallest absolute Gasteiger partial charge is 0.420 e. The van der Waals surface area contributed by atoms with Gasteiger partial charge in [0.05, 0.1) is 30.6 Å². The minimum atomic E-state index is -0.601. The molecule has 0 amide bonds. The lowest BCUT2D eigenvalue weighted by atomic mass is 10.2. The first-order chi connectivity index (χ1) is 9.27. The summed E-state index contributed by atoms with van der Waals surface area (Å²) >= 11 is 0. The summed E-state index contributed by atoms with van der Waals surface area (Å²) in [6, 6.07) is 7.50. The highest BCUT2D eigenvalue weighted by Crippen LogP contribution is 2.15. The third-order valence-corrected chi connectivity index (χ3v) is 2.11. The molecule has 0 aromatic heterocycles. The number of rotatable bonds is 8. The van der Waals surface area contributed by atoms with Gasteiger partial charge in [0.1, 0.15) is 0 Å². The molecule has 1 aromatic rings. The quantitative estimate of drug-likeness (QED) is 0.195. The number of esters is 1. The molecular formula is C14H17N2O3+. The van der Waals surface area contributed by atoms with E-state index in [9.17, 15) is 4.79 Å². The number of hydrazone groups is 1. The highest BCUT2D eigenvalue weighted by atomic mass is 16.5. The molecule has 0 aliphatic heterocycles. The molecule has 0 aliphatic rings. The van der Waals surface area contributed by atoms with E-state index in [0.29, 0.717) is 19.8 Å². The van der Waals surface area contributed by atoms with Crippen LogP contribution in [-0.4, -0.2) is 25.4 Å². The lowest BCUT2D eigenvalue weighted by Gasteiger charge is -2.06. The van der Waals surface area contributed by atoms with Gasteiger partial charge < -0.3 is 9.47 Å². The Kier molecular flexibility index (Phi) is 6.87. The van der Waals surface area contributed by atoms with Gasteiger partial charge in [-0.2, -0.15) is 4.79 Å². The van der Waals surface area contributed by atoms with Crippen molar-refractivity contribution in [3.05, 3.63) is 42.5 Å². The van der Waals surface area contributed by atoms with Crippen molar-refractivity contribution in [2.75, 3.05) is 18.6 Å². The van der Waals surface area contributed by atoms with Crippen molar-refractivity contribution in [3.63, 3.8) is 0 Å². The first-order valence-electron chi connectivity index (χ1n) is 5.93. The number of benzene rings is 1. The van der Waals surface area contributed by atoms with E-state index in [-0.39, 0.29) is 0 Å². The third kappa shape index (κ3) is 5.77. The summed E-state index contributed by atoms with van der Waals surface area (Å²) < 4.78 is 10.0. The molecule has 5 nitrogen and oxygen atoms in total. The molecule has 5 heteroatoms. The zero-order valence-electron chi connectivity index (χ0n) is 10.9. The van der Waals surface area contributed by atoms with E-state index in [1.165, 1.54) is 0 Å². The minimum Gasteiger partial charge on any atom is -0.420 e. The fourth-order valence-corrected chi connectivity index (χ4v) is 1.30. The van der Waals surface area contributed by atoms with E-state index in [4.69, 9.17) is 4.74 Å². The predicted molar refractivity (Wildman–Crippen MR) is 74.0 cm³/mol. The summed E-state index contributed by atoms with van der Waals surface area (Å²) in [4.78, 5) is 11.0. The number of carbonyl (C=O) groups is 1. The van der Waals surface area contributed by atoms with Crippen LogP contribution in [0.5, 0.6) is 0 Å². The van der Waals surface area contributed by atoms with Crippen LogP contribution in [0, 0.1) is 0 Å². The number of nitrogens with zero attached hydrogens (tertiary/aromatic N) is 1. The van der Waals surface area contributed by atoms with Gasteiger partial charge >= 0.3 is 12.2 Å². The van der Waals surface area contributed by atoms with Crippen LogP contribution in [0.1, 0.15) is 12.5 Å². The van der Waals surface area contributed by atoms with Crippen molar-refractivity contribution in [2.24, 2.45) is 5.10 Å². The molecule has 0 saturated carbocycles. The standard InChI is InChI=1S/C14H16N2O3/c1-3-9-18-11-12-7-5-6-8-13(12)16-15-10-14(17)19-4-2/h3,5-8H,1,4,9,11H2,2H3/p+1. The topological polar surface area (TPSA) is 59.9 Å². The van der Waals surface area contributed by atoms with Gasteiger partial charge in [0.25, 0.3) is 0 Å². The van der Waals surface area contributed by atoms with Gasteiger partial charge in [-0.15, -0.1) is 6.58 Å². The number of hydrogen-bond donors (Lipinski definition) is 1. The van der Waals surface area contributed by atoms with E-state index in [2.05, 4.69) is 28.1 Å². The average Bonchev–Trinajstić information content (AvgIpc) is 2.41. The Morgan fingerprint density at radius 1 is 1.53 bits per heavy atom. The monoisotopic (exact) mass is 261 g/mol. The fraction of sp³-hybridized carbons (Fsp3) is 0.286. The molecule has 0 atom stereocenters. The summed E-state index contributed by atoms with van der Waals surface area (Å²) in [5, 5.41) is 3.70. The van der Waals surface area contributed by atoms with Crippen molar-refractivity contribution in [1.82, 2.24) is 0 Å². The number of hydrogen-bond acceptors (Lipinski definition) is 5. The van der Waals surface area contributed by atoms with Crippen molar-refractivity contribution >= 4 is 17.9 Å². The first-order valence-corrected chi connectivity index (χ1v) is 5.93. The molecule has 0 spiro atoms. The predicted octanol–water partition coefficient (Wildman–Crippen LogP) is 2.23. The van der Waals surface area contributed by atoms with Crippen LogP contribution in [0.2, 0.25) is 0 Å². The Morgan fingerprint density at radius 3 is 3.05 bits per heavy atom. The molecule has 0 aliphatic carbocycles. The number of anilines is 1. The number of ether oxygens (including phenoxy) is 2. The van der Waals surface area contributed by atoms with Gasteiger partial charge in [-0.25, -0.2) is 5.43 Å². The van der Waals surface area contributed by atoms with Crippen LogP contribution in [0.4, 0.5) is 5.69 Å². The second-order valence-electron chi connectivity index (χ2n) is 3.52. The molecule has 0 fully saturated rings. The summed E-state index contributed by atoms with van der Waals surface area (Å²) in [5.74, 6) is -0.601. The van der Waals surface area contributed by atoms with Crippen LogP contribution in [0.15, 0.2) is 42.0 Å². The molecule has 1 aromatic carbocycles. The molecule has 0 bridgehead atoms. The van der Waals surface area contributed by atoms with E-state index in [0.717, 1.165) is 11.3 Å². The highest BCUT2D eigenvalue weighted by molar-refractivity contribution is 6.23. The largest absolute Gasteiger partial charge is 0.619 e. The zero-order chi connectivity index (χ0) is 13.9. The average molecular weight is 261 g/mol. The molecule has 100 valence electrons. The van der Waals surface area contributed by atoms with Gasteiger partial charge in [-0.1, -0.05) is 24.3 Å². The Balaban J connectivity index is 2.57. The summed E-state index contributed by atoms with van der Waals surface area (Å²) in [7, 11) is 0. The maximum absolute atomic E-state index is 11.0. The minimum absolute atomic E-state index is 0.299. The van der Waals surface area contributed by atoms with Crippen LogP contribution in [-0.2, 0) is 20.9 Å². The zero-order valence-corrected chi connectivity index (χ0v) is 10.9. The van der Waals surface area contributed by atoms with E-state index >= 15 is 0 Å². The third-order valence-electron chi connectivity index (χ3n) is 2.11. The van der Waals surface area contributed by atoms with Crippen molar-refractivity contribution in [3.8, 4) is 0 Å². The van der Waals surface area contributed by atoms with E-state index in [1.54, 1.807) is 13.0 Å². The maximum Gasteiger partial charge on any atom is 0.619 e. The van der Waals surface area contributed by atoms with Gasteiger partial charge in [-0.05, 0) is 13.0 Å².